The van der Waals surface area contributed by atoms with Crippen molar-refractivity contribution >= 4 is 44.9 Å². The van der Waals surface area contributed by atoms with E-state index in [1.165, 1.54) is 31.5 Å². The molecule has 0 amide bonds. The molecule has 0 spiro atoms. The van der Waals surface area contributed by atoms with E-state index in [1.807, 2.05) is 12.3 Å². The Morgan fingerprint density at radius 1 is 1.14 bits per heavy atom. The van der Waals surface area contributed by atoms with Gasteiger partial charge < -0.3 is 15.4 Å². The number of benzene rings is 1. The zero-order chi connectivity index (χ0) is 24.8. The highest BCUT2D eigenvalue weighted by Crippen LogP contribution is 2.31. The van der Waals surface area contributed by atoms with Crippen LogP contribution in [-0.4, -0.2) is 51.2 Å². The standard InChI is InChI=1S/C25H29BrCl2FN5O/c26-8-1-2-9-33-10-5-19(6-11-33)34-16-18(15-32-34)17-13-23(25(30)31-14-17)35-12-7-20-21(27)3-4-22(29)24(20)28/h3-4,13-16,19H,1-2,5-12H2,(H2,30,31). The molecule has 2 aromatic heterocycles. The number of nitrogen functional groups attached to an aromatic ring is 1. The molecule has 0 bridgehead atoms. The monoisotopic (exact) mass is 583 g/mol. The Bertz CT molecular complexity index is 1140. The maximum Gasteiger partial charge on any atom is 0.166 e. The number of alkyl halides is 1. The Labute approximate surface area is 223 Å². The minimum Gasteiger partial charge on any atom is -0.489 e. The molecular formula is C25H29BrCl2FN5O. The molecule has 188 valence electrons. The van der Waals surface area contributed by atoms with E-state index in [9.17, 15) is 4.39 Å². The Morgan fingerprint density at radius 3 is 2.71 bits per heavy atom. The topological polar surface area (TPSA) is 69.2 Å². The highest BCUT2D eigenvalue weighted by atomic mass is 79.9. The Kier molecular flexibility index (Phi) is 9.27. The summed E-state index contributed by atoms with van der Waals surface area (Å²) in [4.78, 5) is 6.83. The predicted molar refractivity (Wildman–Crippen MR) is 143 cm³/mol. The van der Waals surface area contributed by atoms with Crippen molar-refractivity contribution in [1.29, 1.82) is 0 Å². The molecule has 6 nitrogen and oxygen atoms in total. The van der Waals surface area contributed by atoms with Crippen LogP contribution in [0, 0.1) is 5.82 Å². The molecule has 0 atom stereocenters. The van der Waals surface area contributed by atoms with Gasteiger partial charge in [-0.15, -0.1) is 0 Å². The van der Waals surface area contributed by atoms with E-state index < -0.39 is 5.82 Å². The maximum absolute atomic E-state index is 13.8. The van der Waals surface area contributed by atoms with Crippen LogP contribution in [0.25, 0.3) is 11.1 Å². The first-order valence-corrected chi connectivity index (χ1v) is 13.7. The van der Waals surface area contributed by atoms with Crippen LogP contribution in [0.4, 0.5) is 10.2 Å². The molecule has 0 unspecified atom stereocenters. The van der Waals surface area contributed by atoms with Crippen molar-refractivity contribution in [3.05, 3.63) is 58.2 Å². The summed E-state index contributed by atoms with van der Waals surface area (Å²) >= 11 is 15.7. The van der Waals surface area contributed by atoms with Crippen LogP contribution in [0.1, 0.15) is 37.3 Å². The zero-order valence-corrected chi connectivity index (χ0v) is 22.5. The van der Waals surface area contributed by atoms with Gasteiger partial charge in [0.05, 0.1) is 23.9 Å². The number of aromatic nitrogens is 3. The average Bonchev–Trinajstić information content (AvgIpc) is 3.36. The summed E-state index contributed by atoms with van der Waals surface area (Å²) in [5.74, 6) is 0.229. The summed E-state index contributed by atoms with van der Waals surface area (Å²) in [6, 6.07) is 4.98. The van der Waals surface area contributed by atoms with Crippen LogP contribution < -0.4 is 10.5 Å². The smallest absolute Gasteiger partial charge is 0.166 e. The molecule has 4 rings (SSSR count). The van der Waals surface area contributed by atoms with Crippen molar-refractivity contribution < 1.29 is 9.13 Å². The quantitative estimate of drug-likeness (QED) is 0.169. The summed E-state index contributed by atoms with van der Waals surface area (Å²) in [5.41, 5.74) is 8.37. The van der Waals surface area contributed by atoms with E-state index in [0.717, 1.165) is 42.4 Å². The highest BCUT2D eigenvalue weighted by molar-refractivity contribution is 9.09. The lowest BCUT2D eigenvalue weighted by atomic mass is 10.0. The number of halogens is 4. The van der Waals surface area contributed by atoms with Gasteiger partial charge in [-0.25, -0.2) is 9.37 Å². The van der Waals surface area contributed by atoms with Gasteiger partial charge in [0, 0.05) is 53.4 Å². The van der Waals surface area contributed by atoms with E-state index >= 15 is 0 Å². The van der Waals surface area contributed by atoms with E-state index in [1.54, 1.807) is 6.20 Å². The second kappa shape index (κ2) is 12.4. The number of likely N-dealkylation sites (tertiary alicyclic amines) is 1. The van der Waals surface area contributed by atoms with Crippen molar-refractivity contribution in [2.75, 3.05) is 37.3 Å². The number of ether oxygens (including phenoxy) is 1. The van der Waals surface area contributed by atoms with Crippen LogP contribution in [0.3, 0.4) is 0 Å². The molecule has 0 saturated carbocycles. The van der Waals surface area contributed by atoms with Gasteiger partial charge in [-0.2, -0.15) is 5.10 Å². The van der Waals surface area contributed by atoms with Crippen LogP contribution in [0.5, 0.6) is 5.75 Å². The lowest BCUT2D eigenvalue weighted by Crippen LogP contribution is -2.35. The second-order valence-corrected chi connectivity index (χ2v) is 10.3. The summed E-state index contributed by atoms with van der Waals surface area (Å²) in [6.07, 6.45) is 10.6. The Hall–Kier alpha value is -1.87. The Balaban J connectivity index is 1.37. The van der Waals surface area contributed by atoms with Crippen molar-refractivity contribution in [1.82, 2.24) is 19.7 Å². The van der Waals surface area contributed by atoms with Crippen LogP contribution in [-0.2, 0) is 6.42 Å². The normalized spacial score (nSPS) is 15.0. The number of unbranched alkanes of at least 4 members (excludes halogenated alkanes) is 1. The molecule has 0 radical (unpaired) electrons. The lowest BCUT2D eigenvalue weighted by molar-refractivity contribution is 0.178. The molecule has 3 aromatic rings. The third-order valence-electron chi connectivity index (χ3n) is 6.35. The fourth-order valence-electron chi connectivity index (χ4n) is 4.31. The molecule has 1 fully saturated rings. The van der Waals surface area contributed by atoms with Gasteiger partial charge in [0.2, 0.25) is 0 Å². The molecule has 1 aromatic carbocycles. The van der Waals surface area contributed by atoms with Gasteiger partial charge in [0.25, 0.3) is 0 Å². The van der Waals surface area contributed by atoms with Crippen LogP contribution >= 0.6 is 39.1 Å². The summed E-state index contributed by atoms with van der Waals surface area (Å²) in [5, 5.41) is 6.11. The average molecular weight is 585 g/mol. The third kappa shape index (κ3) is 6.67. The van der Waals surface area contributed by atoms with E-state index in [0.29, 0.717) is 28.8 Å². The molecule has 0 aliphatic carbocycles. The minimum atomic E-state index is -0.508. The summed E-state index contributed by atoms with van der Waals surface area (Å²) in [7, 11) is 0. The fraction of sp³-hybridized carbons (Fsp3) is 0.440. The summed E-state index contributed by atoms with van der Waals surface area (Å²) in [6.45, 7) is 3.59. The van der Waals surface area contributed by atoms with Gasteiger partial charge >= 0.3 is 0 Å². The number of nitrogens with zero attached hydrogens (tertiary/aromatic N) is 4. The number of hydrogen-bond donors (Lipinski definition) is 1. The number of piperidine rings is 1. The molecular weight excluding hydrogens is 556 g/mol. The fourth-order valence-corrected chi connectivity index (χ4v) is 5.27. The molecule has 10 heteroatoms. The number of nitrogens with two attached hydrogens (primary N) is 1. The molecule has 1 aliphatic rings. The molecule has 3 heterocycles. The van der Waals surface area contributed by atoms with E-state index in [2.05, 4.69) is 41.8 Å². The van der Waals surface area contributed by atoms with Gasteiger partial charge in [-0.1, -0.05) is 39.1 Å². The SMILES string of the molecule is Nc1ncc(-c2cnn(C3CCN(CCCCBr)CC3)c2)cc1OCCc1c(Cl)ccc(F)c1Cl. The van der Waals surface area contributed by atoms with E-state index in [-0.39, 0.29) is 17.4 Å². The number of hydrogen-bond acceptors (Lipinski definition) is 5. The zero-order valence-electron chi connectivity index (χ0n) is 19.4. The number of anilines is 1. The van der Waals surface area contributed by atoms with Gasteiger partial charge in [-0.05, 0) is 56.0 Å². The predicted octanol–water partition coefficient (Wildman–Crippen LogP) is 6.41. The van der Waals surface area contributed by atoms with Crippen molar-refractivity contribution in [2.45, 2.75) is 38.1 Å². The van der Waals surface area contributed by atoms with Crippen molar-refractivity contribution in [3.8, 4) is 16.9 Å². The van der Waals surface area contributed by atoms with E-state index in [4.69, 9.17) is 33.7 Å². The highest BCUT2D eigenvalue weighted by Gasteiger charge is 2.21. The first-order chi connectivity index (χ1) is 17.0. The number of pyridine rings is 1. The molecule has 2 N–H and O–H groups in total. The Morgan fingerprint density at radius 2 is 1.94 bits per heavy atom. The maximum atomic E-state index is 13.8. The first kappa shape index (κ1) is 26.2. The van der Waals surface area contributed by atoms with Gasteiger partial charge in [0.15, 0.2) is 11.6 Å². The molecule has 1 aliphatic heterocycles. The largest absolute Gasteiger partial charge is 0.489 e. The van der Waals surface area contributed by atoms with Crippen LogP contribution in [0.15, 0.2) is 36.8 Å². The van der Waals surface area contributed by atoms with Crippen molar-refractivity contribution in [3.63, 3.8) is 0 Å². The third-order valence-corrected chi connectivity index (χ3v) is 7.68. The number of rotatable bonds is 10. The first-order valence-electron chi connectivity index (χ1n) is 11.8. The summed E-state index contributed by atoms with van der Waals surface area (Å²) < 4.78 is 21.7. The van der Waals surface area contributed by atoms with Crippen molar-refractivity contribution in [2.24, 2.45) is 0 Å². The minimum absolute atomic E-state index is 0.0122. The van der Waals surface area contributed by atoms with Crippen LogP contribution in [0.2, 0.25) is 10.0 Å². The molecule has 35 heavy (non-hydrogen) atoms. The van der Waals surface area contributed by atoms with Gasteiger partial charge in [-0.3, -0.25) is 4.68 Å². The van der Waals surface area contributed by atoms with Gasteiger partial charge in [0.1, 0.15) is 5.82 Å². The molecule has 1 saturated heterocycles. The lowest BCUT2D eigenvalue weighted by Gasteiger charge is -2.32. The second-order valence-electron chi connectivity index (χ2n) is 8.71.